The van der Waals surface area contributed by atoms with E-state index in [0.29, 0.717) is 12.1 Å². The predicted octanol–water partition coefficient (Wildman–Crippen LogP) is 3.06. The number of hydrogen-bond donors (Lipinski definition) is 1. The molecule has 118 valence electrons. The first-order valence-electron chi connectivity index (χ1n) is 7.51. The summed E-state index contributed by atoms with van der Waals surface area (Å²) in [6.07, 6.45) is 0. The lowest BCUT2D eigenvalue weighted by Gasteiger charge is -2.13. The number of carbonyl (C=O) groups is 1. The van der Waals surface area contributed by atoms with Crippen LogP contribution in [0, 0.1) is 6.92 Å². The van der Waals surface area contributed by atoms with Crippen LogP contribution in [0.2, 0.25) is 0 Å². The Morgan fingerprint density at radius 1 is 1.32 bits per heavy atom. The summed E-state index contributed by atoms with van der Waals surface area (Å²) in [6, 6.07) is 7.67. The number of benzene rings is 1. The number of amides is 1. The number of ether oxygens (including phenoxy) is 1. The van der Waals surface area contributed by atoms with E-state index in [0.717, 1.165) is 22.8 Å². The zero-order chi connectivity index (χ0) is 16.3. The van der Waals surface area contributed by atoms with Gasteiger partial charge < -0.3 is 10.1 Å². The van der Waals surface area contributed by atoms with Gasteiger partial charge in [-0.2, -0.15) is 5.10 Å². The summed E-state index contributed by atoms with van der Waals surface area (Å²) in [7, 11) is 1.64. The predicted molar refractivity (Wildman–Crippen MR) is 86.9 cm³/mol. The number of methoxy groups -OCH3 is 1. The Hall–Kier alpha value is -2.30. The third kappa shape index (κ3) is 2.98. The quantitative estimate of drug-likeness (QED) is 0.923. The summed E-state index contributed by atoms with van der Waals surface area (Å²) in [4.78, 5) is 12.4. The first-order chi connectivity index (χ1) is 10.5. The molecule has 0 saturated heterocycles. The lowest BCUT2D eigenvalue weighted by atomic mass is 10.0. The van der Waals surface area contributed by atoms with Gasteiger partial charge in [0.2, 0.25) is 0 Å². The van der Waals surface area contributed by atoms with Crippen molar-refractivity contribution in [1.29, 1.82) is 0 Å². The molecule has 2 aromatic rings. The molecule has 1 N–H and O–H groups in total. The van der Waals surface area contributed by atoms with E-state index in [9.17, 15) is 4.79 Å². The van der Waals surface area contributed by atoms with E-state index >= 15 is 0 Å². The Bertz CT molecular complexity index is 657. The molecule has 1 aromatic heterocycles. The molecule has 0 aliphatic heterocycles. The standard InChI is InChI=1S/C17H23N3O2/c1-6-18-17(21)15-12(4)19-20(16(15)11(2)3)13-7-9-14(22-5)10-8-13/h7-11H,6H2,1-5H3,(H,18,21). The highest BCUT2D eigenvalue weighted by molar-refractivity contribution is 5.96. The second-order valence-electron chi connectivity index (χ2n) is 5.47. The van der Waals surface area contributed by atoms with E-state index in [1.807, 2.05) is 42.8 Å². The SMILES string of the molecule is CCNC(=O)c1c(C)nn(-c2ccc(OC)cc2)c1C(C)C. The zero-order valence-electron chi connectivity index (χ0n) is 13.8. The Morgan fingerprint density at radius 3 is 2.45 bits per heavy atom. The molecule has 0 aliphatic carbocycles. The summed E-state index contributed by atoms with van der Waals surface area (Å²) in [5.41, 5.74) is 3.26. The van der Waals surface area contributed by atoms with E-state index in [1.54, 1.807) is 7.11 Å². The Balaban J connectivity index is 2.55. The van der Waals surface area contributed by atoms with E-state index in [4.69, 9.17) is 4.74 Å². The first-order valence-corrected chi connectivity index (χ1v) is 7.51. The minimum atomic E-state index is -0.0662. The fourth-order valence-electron chi connectivity index (χ4n) is 2.53. The minimum absolute atomic E-state index is 0.0662. The number of nitrogens with zero attached hydrogens (tertiary/aromatic N) is 2. The van der Waals surface area contributed by atoms with Crippen LogP contribution in [0.25, 0.3) is 5.69 Å². The summed E-state index contributed by atoms with van der Waals surface area (Å²) in [5, 5.41) is 7.44. The molecule has 1 aromatic carbocycles. The van der Waals surface area contributed by atoms with Crippen LogP contribution >= 0.6 is 0 Å². The first kappa shape index (κ1) is 16.1. The Morgan fingerprint density at radius 2 is 1.95 bits per heavy atom. The van der Waals surface area contributed by atoms with Gasteiger partial charge in [-0.15, -0.1) is 0 Å². The molecule has 0 radical (unpaired) electrons. The summed E-state index contributed by atoms with van der Waals surface area (Å²) < 4.78 is 7.04. The van der Waals surface area contributed by atoms with Gasteiger partial charge in [0, 0.05) is 6.54 Å². The van der Waals surface area contributed by atoms with Gasteiger partial charge in [-0.1, -0.05) is 13.8 Å². The Labute approximate surface area is 131 Å². The summed E-state index contributed by atoms with van der Waals surface area (Å²) in [6.45, 7) is 8.52. The van der Waals surface area contributed by atoms with Gasteiger partial charge in [-0.3, -0.25) is 4.79 Å². The monoisotopic (exact) mass is 301 g/mol. The van der Waals surface area contributed by atoms with Crippen LogP contribution in [0.1, 0.15) is 48.4 Å². The van der Waals surface area contributed by atoms with Crippen molar-refractivity contribution in [3.8, 4) is 11.4 Å². The zero-order valence-corrected chi connectivity index (χ0v) is 13.8. The highest BCUT2D eigenvalue weighted by atomic mass is 16.5. The van der Waals surface area contributed by atoms with Gasteiger partial charge in [0.15, 0.2) is 0 Å². The molecule has 0 atom stereocenters. The minimum Gasteiger partial charge on any atom is -0.497 e. The molecule has 0 spiro atoms. The van der Waals surface area contributed by atoms with Crippen LogP contribution in [-0.2, 0) is 0 Å². The molecule has 0 saturated carbocycles. The number of rotatable bonds is 5. The molecule has 2 rings (SSSR count). The summed E-state index contributed by atoms with van der Waals surface area (Å²) >= 11 is 0. The normalized spacial score (nSPS) is 10.8. The van der Waals surface area contributed by atoms with Crippen molar-refractivity contribution in [3.63, 3.8) is 0 Å². The molecule has 0 aliphatic rings. The van der Waals surface area contributed by atoms with E-state index in [1.165, 1.54) is 0 Å². The van der Waals surface area contributed by atoms with E-state index in [2.05, 4.69) is 24.3 Å². The summed E-state index contributed by atoms with van der Waals surface area (Å²) in [5.74, 6) is 0.909. The third-order valence-corrected chi connectivity index (χ3v) is 3.52. The smallest absolute Gasteiger partial charge is 0.255 e. The molecule has 22 heavy (non-hydrogen) atoms. The molecule has 0 fully saturated rings. The molecule has 1 amide bonds. The van der Waals surface area contributed by atoms with Gasteiger partial charge in [0.1, 0.15) is 5.75 Å². The topological polar surface area (TPSA) is 56.2 Å². The van der Waals surface area contributed by atoms with Gasteiger partial charge in [-0.05, 0) is 44.0 Å². The van der Waals surface area contributed by atoms with Crippen molar-refractivity contribution in [3.05, 3.63) is 41.2 Å². The lowest BCUT2D eigenvalue weighted by Crippen LogP contribution is -2.24. The van der Waals surface area contributed by atoms with E-state index in [-0.39, 0.29) is 11.8 Å². The van der Waals surface area contributed by atoms with Crippen molar-refractivity contribution >= 4 is 5.91 Å². The van der Waals surface area contributed by atoms with Crippen LogP contribution in [0.5, 0.6) is 5.75 Å². The maximum atomic E-state index is 12.4. The van der Waals surface area contributed by atoms with Crippen LogP contribution in [0.4, 0.5) is 0 Å². The maximum absolute atomic E-state index is 12.4. The molecular formula is C17H23N3O2. The molecule has 0 bridgehead atoms. The van der Waals surface area contributed by atoms with Crippen molar-refractivity contribution in [2.45, 2.75) is 33.6 Å². The van der Waals surface area contributed by atoms with Gasteiger partial charge in [0.25, 0.3) is 5.91 Å². The number of aryl methyl sites for hydroxylation is 1. The van der Waals surface area contributed by atoms with Gasteiger partial charge in [-0.25, -0.2) is 4.68 Å². The van der Waals surface area contributed by atoms with Crippen molar-refractivity contribution in [1.82, 2.24) is 15.1 Å². The van der Waals surface area contributed by atoms with Crippen molar-refractivity contribution in [2.75, 3.05) is 13.7 Å². The number of hydrogen-bond acceptors (Lipinski definition) is 3. The van der Waals surface area contributed by atoms with E-state index < -0.39 is 0 Å². The second-order valence-corrected chi connectivity index (χ2v) is 5.47. The highest BCUT2D eigenvalue weighted by Crippen LogP contribution is 2.26. The molecular weight excluding hydrogens is 278 g/mol. The number of nitrogens with one attached hydrogen (secondary N) is 1. The van der Waals surface area contributed by atoms with Gasteiger partial charge >= 0.3 is 0 Å². The number of carbonyl (C=O) groups excluding carboxylic acids is 1. The molecule has 5 heteroatoms. The average molecular weight is 301 g/mol. The van der Waals surface area contributed by atoms with Crippen LogP contribution < -0.4 is 10.1 Å². The van der Waals surface area contributed by atoms with Gasteiger partial charge in [0.05, 0.1) is 29.7 Å². The van der Waals surface area contributed by atoms with Crippen molar-refractivity contribution in [2.24, 2.45) is 0 Å². The Kier molecular flexibility index (Phi) is 4.85. The fraction of sp³-hybridized carbons (Fsp3) is 0.412. The highest BCUT2D eigenvalue weighted by Gasteiger charge is 2.23. The van der Waals surface area contributed by atoms with Crippen LogP contribution in [-0.4, -0.2) is 29.3 Å². The molecule has 1 heterocycles. The number of aromatic nitrogens is 2. The third-order valence-electron chi connectivity index (χ3n) is 3.52. The maximum Gasteiger partial charge on any atom is 0.255 e. The lowest BCUT2D eigenvalue weighted by molar-refractivity contribution is 0.0954. The molecule has 0 unspecified atom stereocenters. The van der Waals surface area contributed by atoms with Crippen LogP contribution in [0.15, 0.2) is 24.3 Å². The van der Waals surface area contributed by atoms with Crippen molar-refractivity contribution < 1.29 is 9.53 Å². The average Bonchev–Trinajstić information content (AvgIpc) is 2.85. The van der Waals surface area contributed by atoms with Crippen LogP contribution in [0.3, 0.4) is 0 Å². The molecule has 5 nitrogen and oxygen atoms in total. The second kappa shape index (κ2) is 6.64. The fourth-order valence-corrected chi connectivity index (χ4v) is 2.53. The largest absolute Gasteiger partial charge is 0.497 e.